The molecular weight excluding hydrogens is 300 g/mol. The summed E-state index contributed by atoms with van der Waals surface area (Å²) >= 11 is 3.20. The monoisotopic (exact) mass is 314 g/mol. The Morgan fingerprint density at radius 1 is 1.50 bits per heavy atom. The Kier molecular flexibility index (Phi) is 5.77. The standard InChI is InChI=1S/C12H15BrN2O3/c1-3-8(2)15-11(16)7-18-12(17)9-4-10(13)6-14-5-9/h4-6,8H,3,7H2,1-2H3,(H,15,16)/t8-/m0/s1. The number of hydrogen-bond acceptors (Lipinski definition) is 4. The summed E-state index contributed by atoms with van der Waals surface area (Å²) < 4.78 is 5.56. The molecule has 1 atom stereocenters. The van der Waals surface area contributed by atoms with E-state index in [9.17, 15) is 9.59 Å². The van der Waals surface area contributed by atoms with Crippen molar-refractivity contribution in [2.45, 2.75) is 26.3 Å². The lowest BCUT2D eigenvalue weighted by Gasteiger charge is -2.11. The first-order valence-corrected chi connectivity index (χ1v) is 6.39. The van der Waals surface area contributed by atoms with Crippen LogP contribution in [0.2, 0.25) is 0 Å². The van der Waals surface area contributed by atoms with Crippen LogP contribution in [0.3, 0.4) is 0 Å². The van der Waals surface area contributed by atoms with E-state index in [0.29, 0.717) is 10.0 Å². The summed E-state index contributed by atoms with van der Waals surface area (Å²) in [5, 5.41) is 2.71. The molecule has 6 heteroatoms. The Morgan fingerprint density at radius 3 is 2.83 bits per heavy atom. The second kappa shape index (κ2) is 7.10. The molecule has 0 aromatic carbocycles. The molecule has 1 heterocycles. The van der Waals surface area contributed by atoms with Crippen LogP contribution in [0.15, 0.2) is 22.9 Å². The molecule has 1 rings (SSSR count). The van der Waals surface area contributed by atoms with Crippen molar-refractivity contribution in [2.24, 2.45) is 0 Å². The minimum absolute atomic E-state index is 0.0729. The average Bonchev–Trinajstić information content (AvgIpc) is 2.35. The van der Waals surface area contributed by atoms with Gasteiger partial charge in [-0.3, -0.25) is 9.78 Å². The van der Waals surface area contributed by atoms with E-state index in [2.05, 4.69) is 26.2 Å². The molecule has 0 aliphatic carbocycles. The van der Waals surface area contributed by atoms with Gasteiger partial charge in [0.2, 0.25) is 0 Å². The maximum absolute atomic E-state index is 11.6. The van der Waals surface area contributed by atoms with Crippen LogP contribution in [0.4, 0.5) is 0 Å². The number of nitrogens with one attached hydrogen (secondary N) is 1. The van der Waals surface area contributed by atoms with Gasteiger partial charge in [-0.15, -0.1) is 0 Å². The SMILES string of the molecule is CC[C@H](C)NC(=O)COC(=O)c1cncc(Br)c1. The fraction of sp³-hybridized carbons (Fsp3) is 0.417. The second-order valence-electron chi connectivity index (χ2n) is 3.84. The van der Waals surface area contributed by atoms with Crippen LogP contribution in [-0.4, -0.2) is 29.5 Å². The van der Waals surface area contributed by atoms with Crippen molar-refractivity contribution in [3.63, 3.8) is 0 Å². The smallest absolute Gasteiger partial charge is 0.340 e. The zero-order valence-electron chi connectivity index (χ0n) is 10.3. The van der Waals surface area contributed by atoms with Gasteiger partial charge in [-0.1, -0.05) is 6.92 Å². The van der Waals surface area contributed by atoms with Gasteiger partial charge in [0.1, 0.15) is 0 Å². The number of ether oxygens (including phenoxy) is 1. The zero-order valence-corrected chi connectivity index (χ0v) is 11.9. The predicted molar refractivity (Wildman–Crippen MR) is 70.1 cm³/mol. The van der Waals surface area contributed by atoms with E-state index < -0.39 is 5.97 Å². The van der Waals surface area contributed by atoms with Crippen LogP contribution in [0, 0.1) is 0 Å². The summed E-state index contributed by atoms with van der Waals surface area (Å²) in [6.07, 6.45) is 3.78. The molecular formula is C12H15BrN2O3. The third kappa shape index (κ3) is 4.83. The topological polar surface area (TPSA) is 68.3 Å². The highest BCUT2D eigenvalue weighted by molar-refractivity contribution is 9.10. The molecule has 0 aliphatic rings. The first-order valence-electron chi connectivity index (χ1n) is 5.60. The molecule has 0 saturated carbocycles. The summed E-state index contributed by atoms with van der Waals surface area (Å²) in [4.78, 5) is 26.8. The van der Waals surface area contributed by atoms with Gasteiger partial charge in [-0.2, -0.15) is 0 Å². The number of halogens is 1. The van der Waals surface area contributed by atoms with Crippen molar-refractivity contribution in [2.75, 3.05) is 6.61 Å². The largest absolute Gasteiger partial charge is 0.452 e. The number of pyridine rings is 1. The molecule has 1 N–H and O–H groups in total. The molecule has 0 saturated heterocycles. The summed E-state index contributed by atoms with van der Waals surface area (Å²) in [7, 11) is 0. The summed E-state index contributed by atoms with van der Waals surface area (Å²) in [5.74, 6) is -0.872. The Balaban J connectivity index is 2.44. The number of carbonyl (C=O) groups excluding carboxylic acids is 2. The summed E-state index contributed by atoms with van der Waals surface area (Å²) in [5.41, 5.74) is 0.306. The molecule has 0 spiro atoms. The van der Waals surface area contributed by atoms with E-state index in [-0.39, 0.29) is 18.6 Å². The van der Waals surface area contributed by atoms with E-state index in [1.807, 2.05) is 13.8 Å². The molecule has 1 aromatic heterocycles. The van der Waals surface area contributed by atoms with E-state index >= 15 is 0 Å². The lowest BCUT2D eigenvalue weighted by Crippen LogP contribution is -2.35. The van der Waals surface area contributed by atoms with E-state index in [1.54, 1.807) is 12.3 Å². The van der Waals surface area contributed by atoms with Crippen LogP contribution in [0.25, 0.3) is 0 Å². The fourth-order valence-electron chi connectivity index (χ4n) is 1.16. The molecule has 0 fully saturated rings. The van der Waals surface area contributed by atoms with E-state index in [1.165, 1.54) is 6.20 Å². The number of esters is 1. The van der Waals surface area contributed by atoms with Gasteiger partial charge in [0.25, 0.3) is 5.91 Å². The number of rotatable bonds is 5. The van der Waals surface area contributed by atoms with Crippen LogP contribution >= 0.6 is 15.9 Å². The Morgan fingerprint density at radius 2 is 2.22 bits per heavy atom. The Hall–Kier alpha value is -1.43. The van der Waals surface area contributed by atoms with Crippen LogP contribution < -0.4 is 5.32 Å². The van der Waals surface area contributed by atoms with Gasteiger partial charge in [-0.25, -0.2) is 4.79 Å². The molecule has 5 nitrogen and oxygen atoms in total. The van der Waals surface area contributed by atoms with Gasteiger partial charge in [0, 0.05) is 22.9 Å². The van der Waals surface area contributed by atoms with Crippen molar-refractivity contribution < 1.29 is 14.3 Å². The summed E-state index contributed by atoms with van der Waals surface area (Å²) in [6, 6.07) is 1.66. The lowest BCUT2D eigenvalue weighted by atomic mass is 10.2. The maximum Gasteiger partial charge on any atom is 0.340 e. The van der Waals surface area contributed by atoms with Gasteiger partial charge >= 0.3 is 5.97 Å². The number of carbonyl (C=O) groups is 2. The third-order valence-electron chi connectivity index (χ3n) is 2.29. The van der Waals surface area contributed by atoms with Gasteiger partial charge in [0.05, 0.1) is 5.56 Å². The second-order valence-corrected chi connectivity index (χ2v) is 4.76. The quantitative estimate of drug-likeness (QED) is 0.843. The fourth-order valence-corrected chi connectivity index (χ4v) is 1.52. The molecule has 98 valence electrons. The number of amides is 1. The third-order valence-corrected chi connectivity index (χ3v) is 2.73. The molecule has 0 bridgehead atoms. The molecule has 1 amide bonds. The lowest BCUT2D eigenvalue weighted by molar-refractivity contribution is -0.124. The predicted octanol–water partition coefficient (Wildman–Crippen LogP) is 1.92. The Bertz CT molecular complexity index is 437. The number of aromatic nitrogens is 1. The highest BCUT2D eigenvalue weighted by atomic mass is 79.9. The first-order chi connectivity index (χ1) is 8.52. The van der Waals surface area contributed by atoms with Crippen molar-refractivity contribution in [3.8, 4) is 0 Å². The highest BCUT2D eigenvalue weighted by Crippen LogP contribution is 2.10. The number of nitrogens with zero attached hydrogens (tertiary/aromatic N) is 1. The summed E-state index contributed by atoms with van der Waals surface area (Å²) in [6.45, 7) is 3.57. The van der Waals surface area contributed by atoms with Gasteiger partial charge < -0.3 is 10.1 Å². The van der Waals surface area contributed by atoms with Gasteiger partial charge in [-0.05, 0) is 35.3 Å². The maximum atomic E-state index is 11.6. The van der Waals surface area contributed by atoms with E-state index in [0.717, 1.165) is 6.42 Å². The van der Waals surface area contributed by atoms with E-state index in [4.69, 9.17) is 4.74 Å². The molecule has 0 aliphatic heterocycles. The normalized spacial score (nSPS) is 11.7. The highest BCUT2D eigenvalue weighted by Gasteiger charge is 2.11. The zero-order chi connectivity index (χ0) is 13.5. The van der Waals surface area contributed by atoms with Crippen LogP contribution in [0.5, 0.6) is 0 Å². The minimum atomic E-state index is -0.567. The van der Waals surface area contributed by atoms with Crippen LogP contribution in [0.1, 0.15) is 30.6 Å². The molecule has 0 unspecified atom stereocenters. The Labute approximate surface area is 114 Å². The van der Waals surface area contributed by atoms with Crippen molar-refractivity contribution >= 4 is 27.8 Å². The van der Waals surface area contributed by atoms with Crippen molar-refractivity contribution in [1.29, 1.82) is 0 Å². The molecule has 0 radical (unpaired) electrons. The number of hydrogen-bond donors (Lipinski definition) is 1. The van der Waals surface area contributed by atoms with Crippen molar-refractivity contribution in [1.82, 2.24) is 10.3 Å². The average molecular weight is 315 g/mol. The van der Waals surface area contributed by atoms with Crippen LogP contribution in [-0.2, 0) is 9.53 Å². The first kappa shape index (κ1) is 14.6. The molecule has 1 aromatic rings. The minimum Gasteiger partial charge on any atom is -0.452 e. The van der Waals surface area contributed by atoms with Gasteiger partial charge in [0.15, 0.2) is 6.61 Å². The molecule has 18 heavy (non-hydrogen) atoms. The van der Waals surface area contributed by atoms with Crippen molar-refractivity contribution in [3.05, 3.63) is 28.5 Å².